The molecule has 10 aromatic carbocycles. The van der Waals surface area contributed by atoms with Gasteiger partial charge >= 0.3 is 0 Å². The topological polar surface area (TPSA) is 3.24 Å². The molecule has 0 aliphatic carbocycles. The molecule has 1 aromatic heterocycles. The minimum absolute atomic E-state index is 1.10. The van der Waals surface area contributed by atoms with Crippen LogP contribution in [0.1, 0.15) is 0 Å². The van der Waals surface area contributed by atoms with E-state index in [4.69, 9.17) is 0 Å². The van der Waals surface area contributed by atoms with Crippen LogP contribution >= 0.6 is 11.3 Å². The molecule has 1 heterocycles. The van der Waals surface area contributed by atoms with Gasteiger partial charge in [0, 0.05) is 37.2 Å². The van der Waals surface area contributed by atoms with E-state index in [-0.39, 0.29) is 0 Å². The van der Waals surface area contributed by atoms with Gasteiger partial charge in [-0.1, -0.05) is 176 Å². The molecular weight excluding hydrogens is 743 g/mol. The second kappa shape index (κ2) is 15.3. The molecule has 0 unspecified atom stereocenters. The highest BCUT2D eigenvalue weighted by molar-refractivity contribution is 7.25. The summed E-state index contributed by atoms with van der Waals surface area (Å²) in [7, 11) is 0. The van der Waals surface area contributed by atoms with Crippen LogP contribution in [0.4, 0.5) is 17.1 Å². The Bertz CT molecular complexity index is 3270. The van der Waals surface area contributed by atoms with Crippen LogP contribution in [0.3, 0.4) is 0 Å². The Kier molecular flexibility index (Phi) is 9.11. The van der Waals surface area contributed by atoms with Gasteiger partial charge in [0.2, 0.25) is 0 Å². The van der Waals surface area contributed by atoms with Gasteiger partial charge in [0.05, 0.1) is 0 Å². The van der Waals surface area contributed by atoms with Gasteiger partial charge in [0.1, 0.15) is 0 Å². The van der Waals surface area contributed by atoms with Gasteiger partial charge in [-0.2, -0.15) is 0 Å². The first-order chi connectivity index (χ1) is 29.7. The predicted molar refractivity (Wildman–Crippen MR) is 259 cm³/mol. The highest BCUT2D eigenvalue weighted by Gasteiger charge is 2.15. The van der Waals surface area contributed by atoms with Gasteiger partial charge < -0.3 is 4.90 Å². The van der Waals surface area contributed by atoms with Crippen LogP contribution in [0.2, 0.25) is 0 Å². The van der Waals surface area contributed by atoms with Crippen LogP contribution in [-0.2, 0) is 0 Å². The molecule has 0 radical (unpaired) electrons. The van der Waals surface area contributed by atoms with Crippen molar-refractivity contribution in [2.24, 2.45) is 0 Å². The molecule has 60 heavy (non-hydrogen) atoms. The average Bonchev–Trinajstić information content (AvgIpc) is 3.71. The lowest BCUT2D eigenvalue weighted by molar-refractivity contribution is 1.28. The van der Waals surface area contributed by atoms with Crippen LogP contribution in [-0.4, -0.2) is 0 Å². The van der Waals surface area contributed by atoms with Crippen molar-refractivity contribution in [2.75, 3.05) is 4.90 Å². The summed E-state index contributed by atoms with van der Waals surface area (Å²) in [5.41, 5.74) is 15.4. The quantitative estimate of drug-likeness (QED) is 0.148. The van der Waals surface area contributed by atoms with E-state index in [0.29, 0.717) is 0 Å². The van der Waals surface area contributed by atoms with E-state index < -0.39 is 0 Å². The Hall–Kier alpha value is -7.52. The third kappa shape index (κ3) is 6.83. The minimum atomic E-state index is 1.10. The number of hydrogen-bond acceptors (Lipinski definition) is 2. The Morgan fingerprint density at radius 3 is 1.27 bits per heavy atom. The van der Waals surface area contributed by atoms with Crippen molar-refractivity contribution in [1.82, 2.24) is 0 Å². The molecular formula is C58H39NS. The summed E-state index contributed by atoms with van der Waals surface area (Å²) in [5, 5.41) is 5.16. The van der Waals surface area contributed by atoms with Crippen molar-refractivity contribution in [3.8, 4) is 55.6 Å². The zero-order valence-electron chi connectivity index (χ0n) is 32.9. The summed E-state index contributed by atoms with van der Waals surface area (Å²) in [6.45, 7) is 0. The molecule has 11 aromatic rings. The maximum Gasteiger partial charge on any atom is 0.0462 e. The number of benzene rings is 10. The second-order valence-corrected chi connectivity index (χ2v) is 16.5. The summed E-state index contributed by atoms with van der Waals surface area (Å²) < 4.78 is 2.64. The first-order valence-corrected chi connectivity index (χ1v) is 21.3. The maximum atomic E-state index is 2.36. The van der Waals surface area contributed by atoms with Crippen LogP contribution in [0.15, 0.2) is 237 Å². The molecule has 0 aliphatic rings. The van der Waals surface area contributed by atoms with Crippen molar-refractivity contribution in [3.05, 3.63) is 237 Å². The monoisotopic (exact) mass is 781 g/mol. The zero-order chi connectivity index (χ0) is 39.8. The van der Waals surface area contributed by atoms with E-state index in [1.807, 2.05) is 11.3 Å². The van der Waals surface area contributed by atoms with E-state index in [1.54, 1.807) is 0 Å². The van der Waals surface area contributed by atoms with E-state index in [2.05, 4.69) is 241 Å². The van der Waals surface area contributed by atoms with Gasteiger partial charge in [-0.15, -0.1) is 11.3 Å². The number of hydrogen-bond donors (Lipinski definition) is 0. The molecule has 0 amide bonds. The Morgan fingerprint density at radius 1 is 0.233 bits per heavy atom. The van der Waals surface area contributed by atoms with Gasteiger partial charge in [-0.05, 0) is 127 Å². The van der Waals surface area contributed by atoms with E-state index in [9.17, 15) is 0 Å². The number of rotatable bonds is 8. The number of nitrogens with zero attached hydrogens (tertiary/aromatic N) is 1. The van der Waals surface area contributed by atoms with Gasteiger partial charge in [-0.3, -0.25) is 0 Å². The standard InChI is InChI=1S/C58H39NS/c1-2-9-40(10-3-1)42-17-19-43(20-18-42)44-23-30-52(31-24-44)59(54-34-27-46(28-35-54)51-29-36-56-55-15-6-7-16-57(55)60-58(56)39-51)53-32-25-45(26-33-53)48-13-8-14-49(37-48)50-22-21-41-11-4-5-12-47(41)38-50/h1-39H. The molecule has 0 bridgehead atoms. The van der Waals surface area contributed by atoms with Crippen molar-refractivity contribution < 1.29 is 0 Å². The zero-order valence-corrected chi connectivity index (χ0v) is 33.7. The highest BCUT2D eigenvalue weighted by atomic mass is 32.1. The van der Waals surface area contributed by atoms with Crippen LogP contribution in [0, 0.1) is 0 Å². The molecule has 282 valence electrons. The number of anilines is 3. The fourth-order valence-corrected chi connectivity index (χ4v) is 9.64. The Labute approximate surface area is 354 Å². The number of thiophene rings is 1. The lowest BCUT2D eigenvalue weighted by Gasteiger charge is -2.26. The molecule has 0 spiro atoms. The molecule has 2 heteroatoms. The van der Waals surface area contributed by atoms with E-state index in [0.717, 1.165) is 17.1 Å². The average molecular weight is 782 g/mol. The first-order valence-electron chi connectivity index (χ1n) is 20.5. The Balaban J connectivity index is 0.926. The van der Waals surface area contributed by atoms with E-state index in [1.165, 1.54) is 86.6 Å². The summed E-state index contributed by atoms with van der Waals surface area (Å²) >= 11 is 1.86. The third-order valence-electron chi connectivity index (χ3n) is 11.7. The van der Waals surface area contributed by atoms with Gasteiger partial charge in [-0.25, -0.2) is 0 Å². The maximum absolute atomic E-state index is 2.36. The van der Waals surface area contributed by atoms with Crippen molar-refractivity contribution in [3.63, 3.8) is 0 Å². The van der Waals surface area contributed by atoms with Crippen molar-refractivity contribution in [2.45, 2.75) is 0 Å². The normalized spacial score (nSPS) is 11.3. The third-order valence-corrected chi connectivity index (χ3v) is 12.8. The Morgan fingerprint density at radius 2 is 0.633 bits per heavy atom. The largest absolute Gasteiger partial charge is 0.311 e. The summed E-state index contributed by atoms with van der Waals surface area (Å²) in [6.07, 6.45) is 0. The minimum Gasteiger partial charge on any atom is -0.311 e. The lowest BCUT2D eigenvalue weighted by atomic mass is 9.97. The van der Waals surface area contributed by atoms with Crippen LogP contribution in [0.25, 0.3) is 86.6 Å². The van der Waals surface area contributed by atoms with Crippen molar-refractivity contribution in [1.29, 1.82) is 0 Å². The van der Waals surface area contributed by atoms with Gasteiger partial charge in [0.25, 0.3) is 0 Å². The lowest BCUT2D eigenvalue weighted by Crippen LogP contribution is -2.09. The highest BCUT2D eigenvalue weighted by Crippen LogP contribution is 2.40. The molecule has 0 fully saturated rings. The smallest absolute Gasteiger partial charge is 0.0462 e. The molecule has 0 saturated heterocycles. The molecule has 0 saturated carbocycles. The number of fused-ring (bicyclic) bond motifs is 4. The fourth-order valence-electron chi connectivity index (χ4n) is 8.49. The van der Waals surface area contributed by atoms with Crippen LogP contribution < -0.4 is 4.90 Å². The molecule has 0 aliphatic heterocycles. The van der Waals surface area contributed by atoms with Gasteiger partial charge in [0.15, 0.2) is 0 Å². The van der Waals surface area contributed by atoms with Crippen LogP contribution in [0.5, 0.6) is 0 Å². The van der Waals surface area contributed by atoms with Crippen molar-refractivity contribution >= 4 is 59.3 Å². The molecule has 11 rings (SSSR count). The fraction of sp³-hybridized carbons (Fsp3) is 0. The SMILES string of the molecule is c1ccc(-c2ccc(-c3ccc(N(c4ccc(-c5cccc(-c6ccc7ccccc7c6)c5)cc4)c4ccc(-c5ccc6c(c5)sc5ccccc56)cc4)cc3)cc2)cc1. The second-order valence-electron chi connectivity index (χ2n) is 15.4. The molecule has 0 atom stereocenters. The molecule has 1 nitrogen and oxygen atoms in total. The summed E-state index contributed by atoms with van der Waals surface area (Å²) in [4.78, 5) is 2.36. The first kappa shape index (κ1) is 35.6. The molecule has 0 N–H and O–H groups in total. The summed E-state index contributed by atoms with van der Waals surface area (Å²) in [6, 6.07) is 86.1. The predicted octanol–water partition coefficient (Wildman–Crippen LogP) is 17.0. The van der Waals surface area contributed by atoms with E-state index >= 15 is 0 Å². The summed E-state index contributed by atoms with van der Waals surface area (Å²) in [5.74, 6) is 0.